The second-order valence-electron chi connectivity index (χ2n) is 3.28. The van der Waals surface area contributed by atoms with Gasteiger partial charge in [0.05, 0.1) is 0 Å². The number of nitrogens with two attached hydrogens (primary N) is 1. The Morgan fingerprint density at radius 1 is 1.17 bits per heavy atom. The number of hydrogen-bond acceptors (Lipinski definition) is 8. The van der Waals surface area contributed by atoms with Crippen LogP contribution in [0.25, 0.3) is 23.1 Å². The molecule has 0 saturated heterocycles. The molecule has 3 aromatic heterocycles. The van der Waals surface area contributed by atoms with E-state index in [1.807, 2.05) is 6.07 Å². The Morgan fingerprint density at radius 2 is 2.06 bits per heavy atom. The van der Waals surface area contributed by atoms with E-state index in [1.54, 1.807) is 12.3 Å². The summed E-state index contributed by atoms with van der Waals surface area (Å²) in [7, 11) is 0. The Hall–Kier alpha value is -2.29. The van der Waals surface area contributed by atoms with E-state index < -0.39 is 0 Å². The van der Waals surface area contributed by atoms with Gasteiger partial charge in [-0.3, -0.25) is 4.98 Å². The van der Waals surface area contributed by atoms with Gasteiger partial charge in [0.15, 0.2) is 0 Å². The van der Waals surface area contributed by atoms with E-state index in [0.29, 0.717) is 11.5 Å². The molecule has 18 heavy (non-hydrogen) atoms. The maximum atomic E-state index is 5.52. The lowest BCUT2D eigenvalue weighted by Gasteiger charge is -1.92. The van der Waals surface area contributed by atoms with Crippen LogP contribution in [-0.2, 0) is 0 Å². The molecule has 0 unspecified atom stereocenters. The van der Waals surface area contributed by atoms with Crippen molar-refractivity contribution in [2.24, 2.45) is 0 Å². The molecule has 0 atom stereocenters. The van der Waals surface area contributed by atoms with E-state index in [9.17, 15) is 0 Å². The third-order valence-corrected chi connectivity index (χ3v) is 2.57. The highest BCUT2D eigenvalue weighted by atomic mass is 79.9. The molecule has 0 bridgehead atoms. The highest BCUT2D eigenvalue weighted by molar-refractivity contribution is 9.10. The van der Waals surface area contributed by atoms with Crippen LogP contribution >= 0.6 is 15.9 Å². The summed E-state index contributed by atoms with van der Waals surface area (Å²) in [6.07, 6.45) is 1.64. The Morgan fingerprint density at radius 3 is 2.72 bits per heavy atom. The molecule has 0 fully saturated rings. The predicted molar refractivity (Wildman–Crippen MR) is 62.9 cm³/mol. The minimum Gasteiger partial charge on any atom is -0.379 e. The lowest BCUT2D eigenvalue weighted by atomic mass is 10.3. The molecule has 3 rings (SSSR count). The first kappa shape index (κ1) is 10.8. The van der Waals surface area contributed by atoms with Gasteiger partial charge >= 0.3 is 0 Å². The molecule has 8 nitrogen and oxygen atoms in total. The Bertz CT molecular complexity index is 676. The smallest absolute Gasteiger partial charge is 0.284 e. The van der Waals surface area contributed by atoms with Crippen LogP contribution in [0.3, 0.4) is 0 Å². The van der Waals surface area contributed by atoms with Gasteiger partial charge in [0.25, 0.3) is 5.89 Å². The standard InChI is InChI=1S/C9H5BrN6O2/c10-4-1-2-5(12-3-4)8-13-9(17-16-8)6-7(11)15-18-14-6/h1-3H,(H2,11,15). The first-order chi connectivity index (χ1) is 8.74. The van der Waals surface area contributed by atoms with Crippen molar-refractivity contribution in [3.8, 4) is 23.1 Å². The molecule has 0 aliphatic carbocycles. The lowest BCUT2D eigenvalue weighted by molar-refractivity contribution is 0.308. The SMILES string of the molecule is Nc1nonc1-c1nc(-c2ccc(Br)cn2)no1. The van der Waals surface area contributed by atoms with Crippen LogP contribution < -0.4 is 5.73 Å². The van der Waals surface area contributed by atoms with E-state index in [2.05, 4.69) is 46.0 Å². The van der Waals surface area contributed by atoms with Crippen molar-refractivity contribution in [2.45, 2.75) is 0 Å². The van der Waals surface area contributed by atoms with Crippen molar-refractivity contribution in [3.63, 3.8) is 0 Å². The summed E-state index contributed by atoms with van der Waals surface area (Å²) in [4.78, 5) is 8.26. The number of aromatic nitrogens is 5. The van der Waals surface area contributed by atoms with E-state index >= 15 is 0 Å². The number of hydrogen-bond donors (Lipinski definition) is 1. The lowest BCUT2D eigenvalue weighted by Crippen LogP contribution is -1.89. The maximum absolute atomic E-state index is 5.52. The second-order valence-corrected chi connectivity index (χ2v) is 4.20. The van der Waals surface area contributed by atoms with Crippen molar-refractivity contribution in [1.29, 1.82) is 0 Å². The van der Waals surface area contributed by atoms with Crippen LogP contribution in [-0.4, -0.2) is 25.4 Å². The van der Waals surface area contributed by atoms with Crippen LogP contribution in [0, 0.1) is 0 Å². The molecule has 90 valence electrons. The third-order valence-electron chi connectivity index (χ3n) is 2.10. The average molecular weight is 309 g/mol. The van der Waals surface area contributed by atoms with Crippen molar-refractivity contribution >= 4 is 21.7 Å². The Balaban J connectivity index is 1.99. The van der Waals surface area contributed by atoms with Crippen molar-refractivity contribution in [3.05, 3.63) is 22.8 Å². The van der Waals surface area contributed by atoms with Gasteiger partial charge in [-0.05, 0) is 38.4 Å². The zero-order valence-electron chi connectivity index (χ0n) is 8.74. The fourth-order valence-electron chi connectivity index (χ4n) is 1.28. The number of pyridine rings is 1. The van der Waals surface area contributed by atoms with E-state index in [-0.39, 0.29) is 17.4 Å². The second kappa shape index (κ2) is 4.18. The topological polar surface area (TPSA) is 117 Å². The average Bonchev–Trinajstić information content (AvgIpc) is 2.98. The first-order valence-corrected chi connectivity index (χ1v) is 5.57. The van der Waals surface area contributed by atoms with Crippen LogP contribution in [0.5, 0.6) is 0 Å². The third kappa shape index (κ3) is 1.84. The van der Waals surface area contributed by atoms with Gasteiger partial charge in [-0.25, -0.2) is 4.63 Å². The van der Waals surface area contributed by atoms with Gasteiger partial charge in [-0.15, -0.1) is 0 Å². The summed E-state index contributed by atoms with van der Waals surface area (Å²) in [5.41, 5.74) is 6.31. The highest BCUT2D eigenvalue weighted by Crippen LogP contribution is 2.23. The van der Waals surface area contributed by atoms with Crippen molar-refractivity contribution in [1.82, 2.24) is 25.4 Å². The monoisotopic (exact) mass is 308 g/mol. The van der Waals surface area contributed by atoms with Gasteiger partial charge in [-0.2, -0.15) is 4.98 Å². The molecule has 0 aromatic carbocycles. The molecule has 0 aliphatic rings. The van der Waals surface area contributed by atoms with Crippen LogP contribution in [0.15, 0.2) is 32.0 Å². The molecule has 0 amide bonds. The van der Waals surface area contributed by atoms with Gasteiger partial charge in [0.1, 0.15) is 5.69 Å². The Labute approximate surface area is 108 Å². The van der Waals surface area contributed by atoms with Gasteiger partial charge < -0.3 is 10.3 Å². The molecular formula is C9H5BrN6O2. The van der Waals surface area contributed by atoms with Crippen LogP contribution in [0.4, 0.5) is 5.82 Å². The molecule has 3 heterocycles. The predicted octanol–water partition coefficient (Wildman–Crippen LogP) is 1.53. The summed E-state index contributed by atoms with van der Waals surface area (Å²) < 4.78 is 10.3. The van der Waals surface area contributed by atoms with E-state index in [4.69, 9.17) is 10.3 Å². The number of halogens is 1. The summed E-state index contributed by atoms with van der Waals surface area (Å²) in [6.45, 7) is 0. The molecule has 9 heteroatoms. The van der Waals surface area contributed by atoms with Gasteiger partial charge in [0, 0.05) is 10.7 Å². The fraction of sp³-hybridized carbons (Fsp3) is 0. The van der Waals surface area contributed by atoms with E-state index in [1.165, 1.54) is 0 Å². The quantitative estimate of drug-likeness (QED) is 0.757. The first-order valence-electron chi connectivity index (χ1n) is 4.78. The van der Waals surface area contributed by atoms with Gasteiger partial charge in [0.2, 0.25) is 17.3 Å². The zero-order valence-corrected chi connectivity index (χ0v) is 10.3. The largest absolute Gasteiger partial charge is 0.379 e. The summed E-state index contributed by atoms with van der Waals surface area (Å²) in [6, 6.07) is 3.58. The highest BCUT2D eigenvalue weighted by Gasteiger charge is 2.18. The molecule has 0 saturated carbocycles. The zero-order chi connectivity index (χ0) is 12.5. The van der Waals surface area contributed by atoms with Crippen molar-refractivity contribution in [2.75, 3.05) is 5.73 Å². The number of rotatable bonds is 2. The fourth-order valence-corrected chi connectivity index (χ4v) is 1.51. The van der Waals surface area contributed by atoms with Crippen LogP contribution in [0.1, 0.15) is 0 Å². The number of anilines is 1. The Kier molecular flexibility index (Phi) is 2.52. The minimum absolute atomic E-state index is 0.0916. The van der Waals surface area contributed by atoms with Gasteiger partial charge in [-0.1, -0.05) is 5.16 Å². The minimum atomic E-state index is 0.0916. The normalized spacial score (nSPS) is 10.7. The molecular weight excluding hydrogens is 304 g/mol. The van der Waals surface area contributed by atoms with E-state index in [0.717, 1.165) is 4.47 Å². The number of nitrogen functional groups attached to an aromatic ring is 1. The molecule has 2 N–H and O–H groups in total. The summed E-state index contributed by atoms with van der Waals surface area (Å²) in [5.74, 6) is 0.558. The van der Waals surface area contributed by atoms with Crippen LogP contribution in [0.2, 0.25) is 0 Å². The maximum Gasteiger partial charge on any atom is 0.284 e. The summed E-state index contributed by atoms with van der Waals surface area (Å²) >= 11 is 3.29. The van der Waals surface area contributed by atoms with Crippen molar-refractivity contribution < 1.29 is 9.15 Å². The molecule has 3 aromatic rings. The molecule has 0 aliphatic heterocycles. The molecule has 0 radical (unpaired) electrons. The number of nitrogens with zero attached hydrogens (tertiary/aromatic N) is 5. The summed E-state index contributed by atoms with van der Waals surface area (Å²) in [5, 5.41) is 10.8. The molecule has 0 spiro atoms.